The lowest BCUT2D eigenvalue weighted by Gasteiger charge is -2.21. The summed E-state index contributed by atoms with van der Waals surface area (Å²) in [6, 6.07) is 25.4. The Hall–Kier alpha value is -2.93. The minimum Gasteiger partial charge on any atom is -0.348 e. The maximum atomic E-state index is 4.49. The van der Waals surface area contributed by atoms with Gasteiger partial charge in [-0.05, 0) is 54.4 Å². The number of pyridine rings is 1. The van der Waals surface area contributed by atoms with Crippen molar-refractivity contribution in [3.05, 3.63) is 114 Å². The van der Waals surface area contributed by atoms with E-state index >= 15 is 0 Å². The van der Waals surface area contributed by atoms with Crippen LogP contribution in [-0.2, 0) is 26.2 Å². The van der Waals surface area contributed by atoms with Crippen LogP contribution < -0.4 is 0 Å². The zero-order valence-electron chi connectivity index (χ0n) is 17.7. The monoisotopic (exact) mass is 429 g/mol. The highest BCUT2D eigenvalue weighted by atomic mass is 32.2. The van der Waals surface area contributed by atoms with Gasteiger partial charge in [0.1, 0.15) is 5.82 Å². The number of rotatable bonds is 10. The molecule has 0 aliphatic rings. The number of nitrogens with zero attached hydrogens (tertiary/aromatic N) is 4. The number of nitrogens with one attached hydrogen (secondary N) is 1. The number of hydrogen-bond acceptors (Lipinski definition) is 5. The SMILES string of the molecule is CN(Cc1ccccc1)Sc1ccc(CN(Cc2ccccn2)Cc2ncc[nH]2)cc1. The molecule has 158 valence electrons. The van der Waals surface area contributed by atoms with Crippen LogP contribution in [-0.4, -0.2) is 31.2 Å². The van der Waals surface area contributed by atoms with Gasteiger partial charge < -0.3 is 4.98 Å². The topological polar surface area (TPSA) is 48.1 Å². The lowest BCUT2D eigenvalue weighted by Crippen LogP contribution is -2.23. The van der Waals surface area contributed by atoms with Crippen LogP contribution in [0.4, 0.5) is 0 Å². The van der Waals surface area contributed by atoms with Crippen LogP contribution in [0.1, 0.15) is 22.6 Å². The Morgan fingerprint density at radius 3 is 2.23 bits per heavy atom. The number of imidazole rings is 1. The molecule has 1 N–H and O–H groups in total. The summed E-state index contributed by atoms with van der Waals surface area (Å²) >= 11 is 1.77. The normalized spacial score (nSPS) is 11.3. The first-order valence-corrected chi connectivity index (χ1v) is 11.1. The summed E-state index contributed by atoms with van der Waals surface area (Å²) in [5, 5.41) is 0. The number of hydrogen-bond donors (Lipinski definition) is 1. The second-order valence-corrected chi connectivity index (χ2v) is 8.79. The van der Waals surface area contributed by atoms with Crippen molar-refractivity contribution in [3.63, 3.8) is 0 Å². The van der Waals surface area contributed by atoms with Gasteiger partial charge in [-0.2, -0.15) is 0 Å². The van der Waals surface area contributed by atoms with Gasteiger partial charge in [0, 0.05) is 43.1 Å². The highest BCUT2D eigenvalue weighted by molar-refractivity contribution is 7.97. The minimum absolute atomic E-state index is 0.750. The number of benzene rings is 2. The average molecular weight is 430 g/mol. The molecular formula is C25H27N5S. The quantitative estimate of drug-likeness (QED) is 0.354. The summed E-state index contributed by atoms with van der Waals surface area (Å²) in [4.78, 5) is 15.7. The van der Waals surface area contributed by atoms with Crippen molar-refractivity contribution in [1.82, 2.24) is 24.2 Å². The van der Waals surface area contributed by atoms with E-state index in [0.717, 1.165) is 37.7 Å². The van der Waals surface area contributed by atoms with Crippen molar-refractivity contribution in [2.75, 3.05) is 7.05 Å². The van der Waals surface area contributed by atoms with E-state index in [9.17, 15) is 0 Å². The van der Waals surface area contributed by atoms with E-state index < -0.39 is 0 Å². The molecule has 0 bridgehead atoms. The van der Waals surface area contributed by atoms with Gasteiger partial charge in [0.15, 0.2) is 0 Å². The predicted octanol–water partition coefficient (Wildman–Crippen LogP) is 5.15. The van der Waals surface area contributed by atoms with E-state index in [1.165, 1.54) is 16.0 Å². The molecule has 0 radical (unpaired) electrons. The first-order valence-electron chi connectivity index (χ1n) is 10.4. The Morgan fingerprint density at radius 2 is 1.52 bits per heavy atom. The molecule has 0 aliphatic heterocycles. The Balaban J connectivity index is 1.37. The number of H-pyrrole nitrogens is 1. The second kappa shape index (κ2) is 10.9. The molecule has 0 aliphatic carbocycles. The van der Waals surface area contributed by atoms with Crippen LogP contribution in [0.15, 0.2) is 96.3 Å². The third-order valence-electron chi connectivity index (χ3n) is 4.88. The largest absolute Gasteiger partial charge is 0.348 e. The molecule has 4 aromatic rings. The first-order chi connectivity index (χ1) is 15.2. The molecule has 0 amide bonds. The van der Waals surface area contributed by atoms with Gasteiger partial charge in [-0.15, -0.1) is 0 Å². The maximum Gasteiger partial charge on any atom is 0.120 e. The summed E-state index contributed by atoms with van der Waals surface area (Å²) < 4.78 is 2.26. The molecule has 0 unspecified atom stereocenters. The molecule has 31 heavy (non-hydrogen) atoms. The lowest BCUT2D eigenvalue weighted by atomic mass is 10.2. The summed E-state index contributed by atoms with van der Waals surface area (Å²) in [7, 11) is 2.13. The van der Waals surface area contributed by atoms with Crippen molar-refractivity contribution in [2.45, 2.75) is 31.1 Å². The summed E-state index contributed by atoms with van der Waals surface area (Å²) in [6.07, 6.45) is 5.51. The molecule has 0 spiro atoms. The first kappa shape index (κ1) is 21.3. The fourth-order valence-corrected chi connectivity index (χ4v) is 4.28. The smallest absolute Gasteiger partial charge is 0.120 e. The van der Waals surface area contributed by atoms with Gasteiger partial charge >= 0.3 is 0 Å². The molecule has 0 fully saturated rings. The highest BCUT2D eigenvalue weighted by Gasteiger charge is 2.11. The van der Waals surface area contributed by atoms with Gasteiger partial charge in [0.2, 0.25) is 0 Å². The zero-order valence-corrected chi connectivity index (χ0v) is 18.5. The molecule has 5 nitrogen and oxygen atoms in total. The average Bonchev–Trinajstić information content (AvgIpc) is 3.29. The van der Waals surface area contributed by atoms with Crippen LogP contribution in [0, 0.1) is 0 Å². The Morgan fingerprint density at radius 1 is 0.742 bits per heavy atom. The fourth-order valence-electron chi connectivity index (χ4n) is 3.45. The minimum atomic E-state index is 0.750. The number of aromatic amines is 1. The van der Waals surface area contributed by atoms with Gasteiger partial charge in [-0.25, -0.2) is 9.29 Å². The van der Waals surface area contributed by atoms with Crippen molar-refractivity contribution in [2.24, 2.45) is 0 Å². The van der Waals surface area contributed by atoms with E-state index in [4.69, 9.17) is 0 Å². The maximum absolute atomic E-state index is 4.49. The molecule has 0 saturated carbocycles. The second-order valence-electron chi connectivity index (χ2n) is 7.51. The third-order valence-corrected chi connectivity index (χ3v) is 5.80. The van der Waals surface area contributed by atoms with Gasteiger partial charge in [-0.3, -0.25) is 9.88 Å². The molecular weight excluding hydrogens is 402 g/mol. The van der Waals surface area contributed by atoms with E-state index in [2.05, 4.69) is 91.9 Å². The van der Waals surface area contributed by atoms with Crippen LogP contribution in [0.5, 0.6) is 0 Å². The van der Waals surface area contributed by atoms with Gasteiger partial charge in [-0.1, -0.05) is 48.5 Å². The Bertz CT molecular complexity index is 1020. The standard InChI is InChI=1S/C25H27N5S/c1-29(17-21-7-3-2-4-8-21)31-24-12-10-22(11-13-24)18-30(20-25-27-15-16-28-25)19-23-9-5-6-14-26-23/h2-16H,17-20H2,1H3,(H,27,28). The Kier molecular flexibility index (Phi) is 7.50. The van der Waals surface area contributed by atoms with Crippen molar-refractivity contribution >= 4 is 11.9 Å². The zero-order chi connectivity index (χ0) is 21.3. The van der Waals surface area contributed by atoms with Gasteiger partial charge in [0.05, 0.1) is 12.2 Å². The van der Waals surface area contributed by atoms with Crippen LogP contribution in [0.3, 0.4) is 0 Å². The van der Waals surface area contributed by atoms with Crippen molar-refractivity contribution < 1.29 is 0 Å². The molecule has 2 aromatic carbocycles. The highest BCUT2D eigenvalue weighted by Crippen LogP contribution is 2.24. The summed E-state index contributed by atoms with van der Waals surface area (Å²) in [5.41, 5.74) is 3.65. The Labute approximate surface area is 188 Å². The molecule has 0 atom stereocenters. The molecule has 2 heterocycles. The predicted molar refractivity (Wildman–Crippen MR) is 126 cm³/mol. The molecule has 6 heteroatoms. The molecule has 2 aromatic heterocycles. The van der Waals surface area contributed by atoms with Crippen LogP contribution >= 0.6 is 11.9 Å². The number of aromatic nitrogens is 3. The van der Waals surface area contributed by atoms with E-state index in [-0.39, 0.29) is 0 Å². The molecule has 0 saturated heterocycles. The van der Waals surface area contributed by atoms with Crippen LogP contribution in [0.25, 0.3) is 0 Å². The third kappa shape index (κ3) is 6.79. The van der Waals surface area contributed by atoms with E-state index in [1.807, 2.05) is 24.5 Å². The fraction of sp³-hybridized carbons (Fsp3) is 0.200. The van der Waals surface area contributed by atoms with E-state index in [1.54, 1.807) is 18.1 Å². The lowest BCUT2D eigenvalue weighted by molar-refractivity contribution is 0.239. The van der Waals surface area contributed by atoms with Crippen LogP contribution in [0.2, 0.25) is 0 Å². The van der Waals surface area contributed by atoms with Crippen molar-refractivity contribution in [1.29, 1.82) is 0 Å². The molecule has 4 rings (SSSR count). The van der Waals surface area contributed by atoms with Gasteiger partial charge in [0.25, 0.3) is 0 Å². The summed E-state index contributed by atoms with van der Waals surface area (Å²) in [5.74, 6) is 0.964. The summed E-state index contributed by atoms with van der Waals surface area (Å²) in [6.45, 7) is 3.27. The van der Waals surface area contributed by atoms with E-state index in [0.29, 0.717) is 0 Å². The van der Waals surface area contributed by atoms with Crippen molar-refractivity contribution in [3.8, 4) is 0 Å².